The molecule has 0 fully saturated rings. The molecular formula is C18H13ClF4N4O3S. The molecule has 0 aliphatic heterocycles. The van der Waals surface area contributed by atoms with Crippen molar-refractivity contribution in [2.45, 2.75) is 24.4 Å². The minimum atomic E-state index is -4.95. The summed E-state index contributed by atoms with van der Waals surface area (Å²) in [5.41, 5.74) is -1.56. The summed E-state index contributed by atoms with van der Waals surface area (Å²) >= 11 is 6.00. The summed E-state index contributed by atoms with van der Waals surface area (Å²) < 4.78 is 80.5. The van der Waals surface area contributed by atoms with Crippen molar-refractivity contribution in [3.8, 4) is 5.69 Å². The highest BCUT2D eigenvalue weighted by Gasteiger charge is 2.37. The fourth-order valence-electron chi connectivity index (χ4n) is 2.80. The van der Waals surface area contributed by atoms with Crippen LogP contribution in [-0.4, -0.2) is 29.3 Å². The Kier molecular flexibility index (Phi) is 6.05. The number of halogens is 5. The van der Waals surface area contributed by atoms with E-state index in [2.05, 4.69) is 10.3 Å². The summed E-state index contributed by atoms with van der Waals surface area (Å²) in [6, 6.07) is 6.83. The number of rotatable bonds is 5. The zero-order valence-corrected chi connectivity index (χ0v) is 17.2. The topological polar surface area (TPSA) is 93.9 Å². The van der Waals surface area contributed by atoms with E-state index < -0.39 is 44.1 Å². The number of nitrogens with one attached hydrogen (secondary N) is 1. The first kappa shape index (κ1) is 22.7. The fourth-order valence-corrected chi connectivity index (χ4v) is 4.23. The molecule has 0 bridgehead atoms. The maximum Gasteiger partial charge on any atom is 0.417 e. The van der Waals surface area contributed by atoms with Crippen molar-refractivity contribution in [2.75, 3.05) is 0 Å². The third-order valence-electron chi connectivity index (χ3n) is 4.16. The van der Waals surface area contributed by atoms with E-state index in [4.69, 9.17) is 11.6 Å². The van der Waals surface area contributed by atoms with Crippen LogP contribution in [0.3, 0.4) is 0 Å². The first-order valence-electron chi connectivity index (χ1n) is 8.59. The van der Waals surface area contributed by atoms with Gasteiger partial charge in [-0.2, -0.15) is 13.2 Å². The maximum atomic E-state index is 13.3. The number of alkyl halides is 3. The van der Waals surface area contributed by atoms with Crippen LogP contribution in [0.5, 0.6) is 0 Å². The van der Waals surface area contributed by atoms with Gasteiger partial charge < -0.3 is 0 Å². The number of nitrogens with zero attached hydrogens (tertiary/aromatic N) is 3. The molecule has 164 valence electrons. The van der Waals surface area contributed by atoms with Gasteiger partial charge in [-0.05, 0) is 36.8 Å². The quantitative estimate of drug-likeness (QED) is 0.566. The molecule has 1 N–H and O–H groups in total. The van der Waals surface area contributed by atoms with Gasteiger partial charge in [-0.25, -0.2) is 22.2 Å². The number of sulfonamides is 1. The molecule has 0 saturated heterocycles. The minimum absolute atomic E-state index is 0.0433. The summed E-state index contributed by atoms with van der Waals surface area (Å²) in [4.78, 5) is 11.5. The molecule has 1 amide bonds. The predicted molar refractivity (Wildman–Crippen MR) is 102 cm³/mol. The summed E-state index contributed by atoms with van der Waals surface area (Å²) in [5.74, 6) is -1.89. The lowest BCUT2D eigenvalue weighted by Gasteiger charge is -2.13. The van der Waals surface area contributed by atoms with E-state index in [1.54, 1.807) is 11.6 Å². The van der Waals surface area contributed by atoms with Gasteiger partial charge in [-0.1, -0.05) is 35.9 Å². The summed E-state index contributed by atoms with van der Waals surface area (Å²) in [5, 5.41) is 7.35. The average Bonchev–Trinajstić information content (AvgIpc) is 3.11. The monoisotopic (exact) mass is 476 g/mol. The maximum absolute atomic E-state index is 13.3. The molecule has 1 aromatic heterocycles. The zero-order valence-electron chi connectivity index (χ0n) is 15.6. The van der Waals surface area contributed by atoms with Crippen molar-refractivity contribution in [3.63, 3.8) is 0 Å². The van der Waals surface area contributed by atoms with Gasteiger partial charge in [0, 0.05) is 0 Å². The molecule has 2 aromatic carbocycles. The lowest BCUT2D eigenvalue weighted by atomic mass is 10.2. The third kappa shape index (κ3) is 4.54. The number of amides is 1. The average molecular weight is 477 g/mol. The number of carbonyl (C=O) groups excluding carboxylic acids is 1. The Bertz CT molecular complexity index is 1260. The zero-order chi connectivity index (χ0) is 23.0. The van der Waals surface area contributed by atoms with Gasteiger partial charge in [0.1, 0.15) is 5.82 Å². The Hall–Kier alpha value is -2.99. The SMILES string of the molecule is CCc1c(C(=O)NS(=O)(=O)c2ccccc2C(F)(F)F)nnn1-c1ccc(F)cc1Cl. The van der Waals surface area contributed by atoms with Crippen LogP contribution in [0.2, 0.25) is 5.02 Å². The second kappa shape index (κ2) is 8.27. The van der Waals surface area contributed by atoms with E-state index in [0.717, 1.165) is 35.0 Å². The Morgan fingerprint density at radius 3 is 2.48 bits per heavy atom. The van der Waals surface area contributed by atoms with Gasteiger partial charge >= 0.3 is 6.18 Å². The first-order chi connectivity index (χ1) is 14.5. The number of aromatic nitrogens is 3. The molecule has 3 aromatic rings. The Morgan fingerprint density at radius 2 is 1.87 bits per heavy atom. The molecule has 0 unspecified atom stereocenters. The van der Waals surface area contributed by atoms with Crippen LogP contribution in [0.25, 0.3) is 5.69 Å². The van der Waals surface area contributed by atoms with Crippen LogP contribution in [0, 0.1) is 5.82 Å². The highest BCUT2D eigenvalue weighted by Crippen LogP contribution is 2.34. The summed E-state index contributed by atoms with van der Waals surface area (Å²) in [7, 11) is -4.89. The van der Waals surface area contributed by atoms with E-state index in [1.807, 2.05) is 0 Å². The van der Waals surface area contributed by atoms with Crippen LogP contribution < -0.4 is 4.72 Å². The van der Waals surface area contributed by atoms with Gasteiger partial charge in [0.05, 0.1) is 26.9 Å². The molecule has 7 nitrogen and oxygen atoms in total. The summed E-state index contributed by atoms with van der Waals surface area (Å²) in [6.45, 7) is 1.61. The van der Waals surface area contributed by atoms with E-state index in [9.17, 15) is 30.8 Å². The smallest absolute Gasteiger partial charge is 0.266 e. The van der Waals surface area contributed by atoms with E-state index in [1.165, 1.54) is 6.07 Å². The number of hydrogen-bond donors (Lipinski definition) is 1. The molecule has 1 heterocycles. The lowest BCUT2D eigenvalue weighted by Crippen LogP contribution is -2.33. The van der Waals surface area contributed by atoms with Gasteiger partial charge in [-0.3, -0.25) is 4.79 Å². The molecular weight excluding hydrogens is 464 g/mol. The molecule has 0 spiro atoms. The standard InChI is InChI=1S/C18H13ClF4N4O3S/c1-2-13-16(24-26-27(13)14-8-7-10(20)9-12(14)19)17(28)25-31(29,30)15-6-4-3-5-11(15)18(21,22)23/h3-9H,2H2,1H3,(H,25,28). The van der Waals surface area contributed by atoms with Crippen molar-refractivity contribution in [2.24, 2.45) is 0 Å². The van der Waals surface area contributed by atoms with Crippen molar-refractivity contribution >= 4 is 27.5 Å². The largest absolute Gasteiger partial charge is 0.417 e. The predicted octanol–water partition coefficient (Wildman–Crippen LogP) is 3.76. The second-order valence-electron chi connectivity index (χ2n) is 6.17. The van der Waals surface area contributed by atoms with Gasteiger partial charge in [-0.15, -0.1) is 5.10 Å². The highest BCUT2D eigenvalue weighted by atomic mass is 35.5. The van der Waals surface area contributed by atoms with E-state index in [0.29, 0.717) is 6.07 Å². The van der Waals surface area contributed by atoms with Crippen LogP contribution in [0.1, 0.15) is 28.7 Å². The second-order valence-corrected chi connectivity index (χ2v) is 8.23. The molecule has 13 heteroatoms. The minimum Gasteiger partial charge on any atom is -0.266 e. The van der Waals surface area contributed by atoms with Crippen molar-refractivity contribution in [1.82, 2.24) is 19.7 Å². The number of hydrogen-bond acceptors (Lipinski definition) is 5. The van der Waals surface area contributed by atoms with Gasteiger partial charge in [0.2, 0.25) is 0 Å². The molecule has 31 heavy (non-hydrogen) atoms. The van der Waals surface area contributed by atoms with Crippen molar-refractivity contribution in [3.05, 3.63) is 70.3 Å². The van der Waals surface area contributed by atoms with Crippen LogP contribution >= 0.6 is 11.6 Å². The van der Waals surface area contributed by atoms with E-state index >= 15 is 0 Å². The number of benzene rings is 2. The Balaban J connectivity index is 1.99. The Morgan fingerprint density at radius 1 is 1.19 bits per heavy atom. The molecule has 0 atom stereocenters. The number of carbonyl (C=O) groups is 1. The Labute approximate surface area is 178 Å². The molecule has 0 saturated carbocycles. The third-order valence-corrected chi connectivity index (χ3v) is 5.85. The van der Waals surface area contributed by atoms with Crippen LogP contribution in [0.4, 0.5) is 17.6 Å². The molecule has 0 aliphatic carbocycles. The first-order valence-corrected chi connectivity index (χ1v) is 10.4. The van der Waals surface area contributed by atoms with Crippen molar-refractivity contribution < 1.29 is 30.8 Å². The van der Waals surface area contributed by atoms with Crippen molar-refractivity contribution in [1.29, 1.82) is 0 Å². The lowest BCUT2D eigenvalue weighted by molar-refractivity contribution is -0.139. The molecule has 3 rings (SSSR count). The fraction of sp³-hybridized carbons (Fsp3) is 0.167. The molecule has 0 radical (unpaired) electrons. The molecule has 0 aliphatic rings. The summed E-state index contributed by atoms with van der Waals surface area (Å²) in [6.07, 6.45) is -4.83. The van der Waals surface area contributed by atoms with Crippen LogP contribution in [0.15, 0.2) is 47.4 Å². The van der Waals surface area contributed by atoms with E-state index in [-0.39, 0.29) is 22.8 Å². The van der Waals surface area contributed by atoms with Gasteiger partial charge in [0.25, 0.3) is 15.9 Å². The van der Waals surface area contributed by atoms with Gasteiger partial charge in [0.15, 0.2) is 5.69 Å². The normalized spacial score (nSPS) is 12.1. The van der Waals surface area contributed by atoms with Crippen LogP contribution in [-0.2, 0) is 22.6 Å². The highest BCUT2D eigenvalue weighted by molar-refractivity contribution is 7.90.